The van der Waals surface area contributed by atoms with Gasteiger partial charge in [0.2, 0.25) is 5.91 Å². The molecule has 18 heavy (non-hydrogen) atoms. The van der Waals surface area contributed by atoms with E-state index in [9.17, 15) is 4.79 Å². The number of hydrogen-bond acceptors (Lipinski definition) is 2. The van der Waals surface area contributed by atoms with Crippen molar-refractivity contribution < 1.29 is 4.79 Å². The van der Waals surface area contributed by atoms with Crippen LogP contribution in [0.2, 0.25) is 0 Å². The topological polar surface area (TPSA) is 20.3 Å². The molecule has 2 nitrogen and oxygen atoms in total. The van der Waals surface area contributed by atoms with Crippen LogP contribution < -0.4 is 0 Å². The number of carbonyl (C=O) groups excluding carboxylic acids is 1. The first-order chi connectivity index (χ1) is 8.68. The van der Waals surface area contributed by atoms with Crippen molar-refractivity contribution >= 4 is 28.4 Å². The molecule has 3 heteroatoms. The summed E-state index contributed by atoms with van der Waals surface area (Å²) >= 11 is 1.73. The molecular weight excluding hydrogens is 242 g/mol. The van der Waals surface area contributed by atoms with Gasteiger partial charge < -0.3 is 4.90 Å². The molecule has 0 N–H and O–H groups in total. The van der Waals surface area contributed by atoms with Gasteiger partial charge in [-0.15, -0.1) is 11.8 Å². The van der Waals surface area contributed by atoms with E-state index < -0.39 is 0 Å². The summed E-state index contributed by atoms with van der Waals surface area (Å²) in [4.78, 5) is 13.8. The minimum Gasteiger partial charge on any atom is -0.329 e. The lowest BCUT2D eigenvalue weighted by atomic mass is 10.0. The minimum absolute atomic E-state index is 0.0546. The average molecular weight is 257 g/mol. The zero-order chi connectivity index (χ0) is 12.7. The monoisotopic (exact) mass is 257 g/mol. The van der Waals surface area contributed by atoms with Crippen LogP contribution in [0, 0.1) is 0 Å². The van der Waals surface area contributed by atoms with Crippen LogP contribution in [0.25, 0.3) is 10.8 Å². The number of hydrogen-bond donors (Lipinski definition) is 0. The lowest BCUT2D eigenvalue weighted by Crippen LogP contribution is -2.25. The number of rotatable bonds is 1. The molecule has 3 rings (SSSR count). The Morgan fingerprint density at radius 3 is 2.56 bits per heavy atom. The number of fused-ring (bicyclic) bond motifs is 1. The predicted octanol–water partition coefficient (Wildman–Crippen LogP) is 3.43. The van der Waals surface area contributed by atoms with E-state index in [1.807, 2.05) is 24.9 Å². The molecule has 1 heterocycles. The summed E-state index contributed by atoms with van der Waals surface area (Å²) < 4.78 is 0. The first kappa shape index (κ1) is 11.6. The van der Waals surface area contributed by atoms with Crippen LogP contribution in [0.1, 0.15) is 17.9 Å². The number of carbonyl (C=O) groups is 1. The molecule has 2 aromatic carbocycles. The van der Waals surface area contributed by atoms with Crippen LogP contribution in [-0.4, -0.2) is 23.1 Å². The van der Waals surface area contributed by atoms with E-state index >= 15 is 0 Å². The fraction of sp³-hybridized carbons (Fsp3) is 0.267. The predicted molar refractivity (Wildman–Crippen MR) is 76.5 cm³/mol. The van der Waals surface area contributed by atoms with Gasteiger partial charge >= 0.3 is 0 Å². The van der Waals surface area contributed by atoms with Crippen LogP contribution in [0.3, 0.4) is 0 Å². The molecule has 0 spiro atoms. The Balaban J connectivity index is 2.13. The summed E-state index contributed by atoms with van der Waals surface area (Å²) in [7, 11) is 1.89. The van der Waals surface area contributed by atoms with Crippen LogP contribution in [-0.2, 0) is 4.79 Å². The Morgan fingerprint density at radius 1 is 1.11 bits per heavy atom. The highest BCUT2D eigenvalue weighted by atomic mass is 32.2. The molecule has 0 aromatic heterocycles. The Kier molecular flexibility index (Phi) is 2.78. The highest BCUT2D eigenvalue weighted by molar-refractivity contribution is 8.01. The zero-order valence-corrected chi connectivity index (χ0v) is 11.3. The maximum absolute atomic E-state index is 11.9. The van der Waals surface area contributed by atoms with Crippen molar-refractivity contribution in [3.63, 3.8) is 0 Å². The Morgan fingerprint density at radius 2 is 1.83 bits per heavy atom. The van der Waals surface area contributed by atoms with Crippen molar-refractivity contribution in [1.82, 2.24) is 4.90 Å². The van der Waals surface area contributed by atoms with Crippen molar-refractivity contribution in [3.05, 3.63) is 48.0 Å². The minimum atomic E-state index is 0.0546. The quantitative estimate of drug-likeness (QED) is 0.780. The SMILES string of the molecule is C[C@H]1S[C@@H](c2cccc3ccccc23)N(C)C1=O. The van der Waals surface area contributed by atoms with Gasteiger partial charge in [-0.25, -0.2) is 0 Å². The fourth-order valence-electron chi connectivity index (χ4n) is 2.49. The summed E-state index contributed by atoms with van der Waals surface area (Å²) in [6.45, 7) is 1.98. The number of benzene rings is 2. The molecule has 1 fully saturated rings. The third-order valence-electron chi connectivity index (χ3n) is 3.47. The molecule has 1 saturated heterocycles. The van der Waals surface area contributed by atoms with E-state index in [2.05, 4.69) is 36.4 Å². The smallest absolute Gasteiger partial charge is 0.236 e. The van der Waals surface area contributed by atoms with Gasteiger partial charge in [0, 0.05) is 7.05 Å². The number of thioether (sulfide) groups is 1. The fourth-order valence-corrected chi connectivity index (χ4v) is 3.80. The van der Waals surface area contributed by atoms with E-state index in [1.54, 1.807) is 11.8 Å². The molecule has 2 aromatic rings. The highest BCUT2D eigenvalue weighted by Crippen LogP contribution is 2.43. The maximum Gasteiger partial charge on any atom is 0.236 e. The lowest BCUT2D eigenvalue weighted by molar-refractivity contribution is -0.128. The summed E-state index contributed by atoms with van der Waals surface area (Å²) in [6, 6.07) is 14.7. The zero-order valence-electron chi connectivity index (χ0n) is 10.5. The van der Waals surface area contributed by atoms with E-state index in [0.29, 0.717) is 0 Å². The van der Waals surface area contributed by atoms with Crippen LogP contribution in [0.5, 0.6) is 0 Å². The van der Waals surface area contributed by atoms with Gasteiger partial charge in [-0.1, -0.05) is 42.5 Å². The molecule has 1 aliphatic rings. The van der Waals surface area contributed by atoms with Gasteiger partial charge in [-0.3, -0.25) is 4.79 Å². The van der Waals surface area contributed by atoms with Gasteiger partial charge in [-0.2, -0.15) is 0 Å². The molecule has 0 unspecified atom stereocenters. The second-order valence-corrected chi connectivity index (χ2v) is 6.07. The lowest BCUT2D eigenvalue weighted by Gasteiger charge is -2.20. The van der Waals surface area contributed by atoms with Crippen molar-refractivity contribution in [2.75, 3.05) is 7.05 Å². The average Bonchev–Trinajstić information content (AvgIpc) is 2.66. The Labute approximate surface area is 111 Å². The van der Waals surface area contributed by atoms with E-state index in [-0.39, 0.29) is 16.5 Å². The molecule has 0 radical (unpaired) electrons. The molecule has 92 valence electrons. The van der Waals surface area contributed by atoms with E-state index in [0.717, 1.165) is 0 Å². The molecule has 1 amide bonds. The van der Waals surface area contributed by atoms with E-state index in [4.69, 9.17) is 0 Å². The summed E-state index contributed by atoms with van der Waals surface area (Å²) in [5, 5.41) is 2.67. The van der Waals surface area contributed by atoms with Gasteiger partial charge in [-0.05, 0) is 23.3 Å². The summed E-state index contributed by atoms with van der Waals surface area (Å²) in [5.41, 5.74) is 1.23. The van der Waals surface area contributed by atoms with Crippen molar-refractivity contribution in [2.24, 2.45) is 0 Å². The van der Waals surface area contributed by atoms with Gasteiger partial charge in [0.05, 0.1) is 5.25 Å². The first-order valence-electron chi connectivity index (χ1n) is 6.08. The summed E-state index contributed by atoms with van der Waals surface area (Å²) in [5.74, 6) is 0.220. The molecule has 1 aliphatic heterocycles. The third kappa shape index (κ3) is 1.70. The number of nitrogens with zero attached hydrogens (tertiary/aromatic N) is 1. The molecule has 2 atom stereocenters. The summed E-state index contributed by atoms with van der Waals surface area (Å²) in [6.07, 6.45) is 0. The van der Waals surface area contributed by atoms with Crippen molar-refractivity contribution in [1.29, 1.82) is 0 Å². The van der Waals surface area contributed by atoms with Gasteiger partial charge in [0.15, 0.2) is 0 Å². The van der Waals surface area contributed by atoms with E-state index in [1.165, 1.54) is 16.3 Å². The Hall–Kier alpha value is -1.48. The van der Waals surface area contributed by atoms with Crippen LogP contribution in [0.4, 0.5) is 0 Å². The first-order valence-corrected chi connectivity index (χ1v) is 7.02. The Bertz CT molecular complexity index is 605. The van der Waals surface area contributed by atoms with Crippen molar-refractivity contribution in [2.45, 2.75) is 17.5 Å². The number of amides is 1. The largest absolute Gasteiger partial charge is 0.329 e. The molecule has 0 saturated carbocycles. The highest BCUT2D eigenvalue weighted by Gasteiger charge is 2.36. The maximum atomic E-state index is 11.9. The molecular formula is C15H15NOS. The van der Waals surface area contributed by atoms with Gasteiger partial charge in [0.1, 0.15) is 5.37 Å². The second kappa shape index (κ2) is 4.32. The second-order valence-electron chi connectivity index (χ2n) is 4.65. The normalized spacial score (nSPS) is 23.9. The van der Waals surface area contributed by atoms with Crippen LogP contribution in [0.15, 0.2) is 42.5 Å². The van der Waals surface area contributed by atoms with Crippen LogP contribution >= 0.6 is 11.8 Å². The third-order valence-corrected chi connectivity index (χ3v) is 4.91. The molecule has 0 bridgehead atoms. The molecule has 0 aliphatic carbocycles. The van der Waals surface area contributed by atoms with Crippen molar-refractivity contribution in [3.8, 4) is 0 Å². The standard InChI is InChI=1S/C15H15NOS/c1-10-14(17)16(2)15(18-10)13-9-5-7-11-6-3-4-8-12(11)13/h3-10,15H,1-2H3/t10-,15+/m1/s1. The van der Waals surface area contributed by atoms with Gasteiger partial charge in [0.25, 0.3) is 0 Å².